The molecule has 0 N–H and O–H groups in total. The van der Waals surface area contributed by atoms with Gasteiger partial charge in [-0.3, -0.25) is 4.79 Å². The van der Waals surface area contributed by atoms with Gasteiger partial charge in [0.25, 0.3) is 5.91 Å². The van der Waals surface area contributed by atoms with Crippen LogP contribution in [-0.4, -0.2) is 34.7 Å². The van der Waals surface area contributed by atoms with Gasteiger partial charge in [-0.2, -0.15) is 10.4 Å². The van der Waals surface area contributed by atoms with Crippen LogP contribution in [0.3, 0.4) is 0 Å². The first-order valence-corrected chi connectivity index (χ1v) is 6.30. The van der Waals surface area contributed by atoms with Gasteiger partial charge in [0.05, 0.1) is 11.3 Å². The Morgan fingerprint density at radius 2 is 2.16 bits per heavy atom. The van der Waals surface area contributed by atoms with E-state index in [1.165, 1.54) is 9.58 Å². The molecule has 1 aromatic carbocycles. The highest BCUT2D eigenvalue weighted by atomic mass is 79.9. The third kappa shape index (κ3) is 2.51. The molecular formula is C13H11BrN4O. The third-order valence-corrected chi connectivity index (χ3v) is 3.23. The van der Waals surface area contributed by atoms with E-state index in [0.29, 0.717) is 21.4 Å². The molecule has 0 aliphatic rings. The Bertz CT molecular complexity index is 670. The molecule has 5 nitrogen and oxygen atoms in total. The predicted octanol–water partition coefficient (Wildman–Crippen LogP) is 2.21. The first-order valence-electron chi connectivity index (χ1n) is 5.51. The Morgan fingerprint density at radius 1 is 1.42 bits per heavy atom. The van der Waals surface area contributed by atoms with Gasteiger partial charge < -0.3 is 4.90 Å². The van der Waals surface area contributed by atoms with E-state index in [0.717, 1.165) is 0 Å². The lowest BCUT2D eigenvalue weighted by Crippen LogP contribution is -2.22. The second kappa shape index (κ2) is 5.24. The molecule has 0 bridgehead atoms. The molecule has 0 saturated carbocycles. The summed E-state index contributed by atoms with van der Waals surface area (Å²) in [4.78, 5) is 13.2. The number of amides is 1. The fraction of sp³-hybridized carbons (Fsp3) is 0.154. The van der Waals surface area contributed by atoms with Crippen molar-refractivity contribution >= 4 is 21.8 Å². The fourth-order valence-corrected chi connectivity index (χ4v) is 2.06. The van der Waals surface area contributed by atoms with Crippen molar-refractivity contribution < 1.29 is 4.79 Å². The zero-order chi connectivity index (χ0) is 14.0. The average molecular weight is 319 g/mol. The average Bonchev–Trinajstić information content (AvgIpc) is 2.86. The van der Waals surface area contributed by atoms with Crippen molar-refractivity contribution in [3.63, 3.8) is 0 Å². The van der Waals surface area contributed by atoms with Crippen LogP contribution in [0.25, 0.3) is 5.69 Å². The van der Waals surface area contributed by atoms with Crippen molar-refractivity contribution in [3.05, 3.63) is 46.2 Å². The molecule has 0 saturated heterocycles. The van der Waals surface area contributed by atoms with E-state index in [9.17, 15) is 4.79 Å². The number of rotatable bonds is 2. The van der Waals surface area contributed by atoms with Gasteiger partial charge in [-0.1, -0.05) is 6.07 Å². The van der Waals surface area contributed by atoms with E-state index in [2.05, 4.69) is 27.1 Å². The maximum Gasteiger partial charge on any atom is 0.273 e. The molecule has 0 aliphatic heterocycles. The lowest BCUT2D eigenvalue weighted by molar-refractivity contribution is 0.0821. The van der Waals surface area contributed by atoms with Crippen molar-refractivity contribution in [2.45, 2.75) is 0 Å². The molecule has 0 spiro atoms. The number of carbonyl (C=O) groups is 1. The summed E-state index contributed by atoms with van der Waals surface area (Å²) in [6.45, 7) is 0. The van der Waals surface area contributed by atoms with Gasteiger partial charge in [-0.25, -0.2) is 4.68 Å². The number of hydrogen-bond acceptors (Lipinski definition) is 3. The number of hydrogen-bond donors (Lipinski definition) is 0. The monoisotopic (exact) mass is 318 g/mol. The molecule has 19 heavy (non-hydrogen) atoms. The van der Waals surface area contributed by atoms with Gasteiger partial charge >= 0.3 is 0 Å². The van der Waals surface area contributed by atoms with Crippen molar-refractivity contribution in [2.75, 3.05) is 14.1 Å². The first-order chi connectivity index (χ1) is 9.04. The van der Waals surface area contributed by atoms with Crippen molar-refractivity contribution in [3.8, 4) is 11.8 Å². The molecule has 2 aromatic rings. The Hall–Kier alpha value is -2.13. The van der Waals surface area contributed by atoms with Gasteiger partial charge in [0.1, 0.15) is 6.07 Å². The summed E-state index contributed by atoms with van der Waals surface area (Å²) in [6.07, 6.45) is 1.67. The number of nitriles is 1. The molecule has 1 aromatic heterocycles. The smallest absolute Gasteiger partial charge is 0.273 e. The van der Waals surface area contributed by atoms with Crippen LogP contribution >= 0.6 is 15.9 Å². The number of aromatic nitrogens is 2. The molecule has 0 radical (unpaired) electrons. The van der Waals surface area contributed by atoms with Crippen LogP contribution in [0.1, 0.15) is 16.1 Å². The zero-order valence-corrected chi connectivity index (χ0v) is 12.0. The summed E-state index contributed by atoms with van der Waals surface area (Å²) in [5.41, 5.74) is 1.46. The molecule has 0 aliphatic carbocycles. The molecule has 0 unspecified atom stereocenters. The third-order valence-electron chi connectivity index (χ3n) is 2.56. The van der Waals surface area contributed by atoms with Gasteiger partial charge in [0, 0.05) is 24.8 Å². The van der Waals surface area contributed by atoms with Gasteiger partial charge in [0.2, 0.25) is 0 Å². The summed E-state index contributed by atoms with van der Waals surface area (Å²) in [5.74, 6) is -0.174. The minimum atomic E-state index is -0.174. The van der Waals surface area contributed by atoms with E-state index < -0.39 is 0 Å². The van der Waals surface area contributed by atoms with Crippen LogP contribution in [0.2, 0.25) is 0 Å². The van der Waals surface area contributed by atoms with E-state index in [1.54, 1.807) is 38.5 Å². The van der Waals surface area contributed by atoms with Gasteiger partial charge in [-0.15, -0.1) is 0 Å². The van der Waals surface area contributed by atoms with Gasteiger partial charge in [-0.05, 0) is 34.1 Å². The highest BCUT2D eigenvalue weighted by Gasteiger charge is 2.14. The quantitative estimate of drug-likeness (QED) is 0.852. The van der Waals surface area contributed by atoms with Crippen molar-refractivity contribution in [2.24, 2.45) is 0 Å². The summed E-state index contributed by atoms with van der Waals surface area (Å²) < 4.78 is 2.23. The van der Waals surface area contributed by atoms with Crippen LogP contribution in [-0.2, 0) is 0 Å². The largest absolute Gasteiger partial charge is 0.343 e. The summed E-state index contributed by atoms with van der Waals surface area (Å²) >= 11 is 3.32. The highest BCUT2D eigenvalue weighted by molar-refractivity contribution is 9.10. The molecule has 0 fully saturated rings. The van der Waals surface area contributed by atoms with Crippen molar-refractivity contribution in [1.82, 2.24) is 14.7 Å². The highest BCUT2D eigenvalue weighted by Crippen LogP contribution is 2.22. The van der Waals surface area contributed by atoms with Crippen LogP contribution in [0, 0.1) is 11.3 Å². The Kier molecular flexibility index (Phi) is 3.67. The number of halogens is 1. The Labute approximate surface area is 119 Å². The molecule has 0 atom stereocenters. The van der Waals surface area contributed by atoms with E-state index in [-0.39, 0.29) is 5.91 Å². The molecular weight excluding hydrogens is 308 g/mol. The summed E-state index contributed by atoms with van der Waals surface area (Å²) in [5, 5.41) is 13.4. The zero-order valence-electron chi connectivity index (χ0n) is 10.5. The normalized spacial score (nSPS) is 10.0. The van der Waals surface area contributed by atoms with Crippen LogP contribution in [0.15, 0.2) is 34.9 Å². The van der Waals surface area contributed by atoms with Gasteiger partial charge in [0.15, 0.2) is 5.69 Å². The number of benzene rings is 1. The minimum Gasteiger partial charge on any atom is -0.343 e. The topological polar surface area (TPSA) is 61.9 Å². The Balaban J connectivity index is 2.48. The van der Waals surface area contributed by atoms with E-state index in [4.69, 9.17) is 5.26 Å². The number of carbonyl (C=O) groups excluding carboxylic acids is 1. The van der Waals surface area contributed by atoms with Crippen LogP contribution in [0.5, 0.6) is 0 Å². The van der Waals surface area contributed by atoms with Crippen molar-refractivity contribution in [1.29, 1.82) is 5.26 Å². The summed E-state index contributed by atoms with van der Waals surface area (Å²) in [7, 11) is 3.34. The Morgan fingerprint density at radius 3 is 2.79 bits per heavy atom. The van der Waals surface area contributed by atoms with Crippen LogP contribution < -0.4 is 0 Å². The van der Waals surface area contributed by atoms with E-state index in [1.807, 2.05) is 6.07 Å². The molecule has 6 heteroatoms. The SMILES string of the molecule is CN(C)C(=O)c1ccn(-c2cccc(Br)c2C#N)n1. The lowest BCUT2D eigenvalue weighted by atomic mass is 10.2. The number of nitrogens with zero attached hydrogens (tertiary/aromatic N) is 4. The maximum absolute atomic E-state index is 11.8. The molecule has 1 heterocycles. The fourth-order valence-electron chi connectivity index (χ4n) is 1.62. The predicted molar refractivity (Wildman–Crippen MR) is 74.0 cm³/mol. The second-order valence-electron chi connectivity index (χ2n) is 4.09. The molecule has 96 valence electrons. The standard InChI is InChI=1S/C13H11BrN4O/c1-17(2)13(19)11-6-7-18(16-11)12-5-3-4-10(14)9(12)8-15/h3-7H,1-2H3. The first kappa shape index (κ1) is 13.3. The second-order valence-corrected chi connectivity index (χ2v) is 4.95. The lowest BCUT2D eigenvalue weighted by Gasteiger charge is -2.08. The summed E-state index contributed by atoms with van der Waals surface area (Å²) in [6, 6.07) is 9.13. The molecule has 2 rings (SSSR count). The molecule has 1 amide bonds. The minimum absolute atomic E-state index is 0.174. The van der Waals surface area contributed by atoms with Crippen LogP contribution in [0.4, 0.5) is 0 Å². The van der Waals surface area contributed by atoms with E-state index >= 15 is 0 Å². The maximum atomic E-state index is 11.8.